The highest BCUT2D eigenvalue weighted by Crippen LogP contribution is 2.20. The monoisotopic (exact) mass is 220 g/mol. The lowest BCUT2D eigenvalue weighted by Gasteiger charge is -2.14. The summed E-state index contributed by atoms with van der Waals surface area (Å²) in [7, 11) is 0. The molecule has 0 aliphatic heterocycles. The van der Waals surface area contributed by atoms with Crippen LogP contribution in [0.25, 0.3) is 5.65 Å². The van der Waals surface area contributed by atoms with Gasteiger partial charge in [0.1, 0.15) is 0 Å². The molecule has 0 bridgehead atoms. The number of nitrogens with two attached hydrogens (primary N) is 1. The fourth-order valence-corrected chi connectivity index (χ4v) is 1.52. The van der Waals surface area contributed by atoms with Gasteiger partial charge in [0.15, 0.2) is 5.65 Å². The molecular formula is C11H16N4O. The van der Waals surface area contributed by atoms with Crippen LogP contribution in [0.4, 0.5) is 0 Å². The molecule has 0 atom stereocenters. The maximum atomic E-state index is 11.9. The number of hydrogen-bond donors (Lipinski definition) is 2. The molecule has 0 spiro atoms. The molecule has 86 valence electrons. The Morgan fingerprint density at radius 2 is 2.19 bits per heavy atom. The summed E-state index contributed by atoms with van der Waals surface area (Å²) in [6.45, 7) is 6.43. The molecular weight excluding hydrogens is 204 g/mol. The fourth-order valence-electron chi connectivity index (χ4n) is 1.52. The second-order valence-electron chi connectivity index (χ2n) is 4.91. The number of rotatable bonds is 1. The lowest BCUT2D eigenvalue weighted by Crippen LogP contribution is -2.22. The van der Waals surface area contributed by atoms with Gasteiger partial charge in [-0.2, -0.15) is 0 Å². The molecule has 0 aliphatic carbocycles. The predicted molar refractivity (Wildman–Crippen MR) is 62.4 cm³/mol. The van der Waals surface area contributed by atoms with Crippen molar-refractivity contribution in [2.45, 2.75) is 32.7 Å². The first-order valence-electron chi connectivity index (χ1n) is 5.23. The highest BCUT2D eigenvalue weighted by atomic mass is 16.1. The van der Waals surface area contributed by atoms with E-state index >= 15 is 0 Å². The molecule has 0 amide bonds. The Balaban J connectivity index is 2.72. The minimum absolute atomic E-state index is 0.0387. The molecule has 0 fully saturated rings. The van der Waals surface area contributed by atoms with Gasteiger partial charge in [-0.1, -0.05) is 20.8 Å². The number of aromatic nitrogens is 3. The van der Waals surface area contributed by atoms with Gasteiger partial charge in [0.05, 0.1) is 5.56 Å². The van der Waals surface area contributed by atoms with Gasteiger partial charge in [0.25, 0.3) is 5.56 Å². The van der Waals surface area contributed by atoms with Crippen LogP contribution in [0.1, 0.15) is 32.0 Å². The van der Waals surface area contributed by atoms with E-state index in [2.05, 4.69) is 30.9 Å². The van der Waals surface area contributed by atoms with E-state index in [0.29, 0.717) is 11.2 Å². The van der Waals surface area contributed by atoms with Crippen molar-refractivity contribution < 1.29 is 0 Å². The normalized spacial score (nSPS) is 12.2. The summed E-state index contributed by atoms with van der Waals surface area (Å²) in [5.41, 5.74) is 7.43. The van der Waals surface area contributed by atoms with Gasteiger partial charge in [-0.15, -0.1) is 0 Å². The number of fused-ring (bicyclic) bond motifs is 1. The van der Waals surface area contributed by atoms with Gasteiger partial charge in [-0.25, -0.2) is 9.50 Å². The van der Waals surface area contributed by atoms with E-state index in [9.17, 15) is 4.79 Å². The molecule has 0 saturated heterocycles. The number of nitrogens with zero attached hydrogens (tertiary/aromatic N) is 2. The molecule has 3 N–H and O–H groups in total. The second kappa shape index (κ2) is 3.45. The third-order valence-corrected chi connectivity index (χ3v) is 2.59. The summed E-state index contributed by atoms with van der Waals surface area (Å²) in [6.07, 6.45) is 1.54. The van der Waals surface area contributed by atoms with Gasteiger partial charge in [0.2, 0.25) is 0 Å². The molecule has 0 aromatic carbocycles. The second-order valence-corrected chi connectivity index (χ2v) is 4.91. The minimum Gasteiger partial charge on any atom is -0.326 e. The Bertz CT molecular complexity index is 574. The van der Waals surface area contributed by atoms with E-state index in [4.69, 9.17) is 5.73 Å². The van der Waals surface area contributed by atoms with Gasteiger partial charge in [-0.3, -0.25) is 9.89 Å². The van der Waals surface area contributed by atoms with E-state index in [0.717, 1.165) is 5.69 Å². The Kier molecular flexibility index (Phi) is 2.35. The average molecular weight is 220 g/mol. The molecule has 0 radical (unpaired) electrons. The van der Waals surface area contributed by atoms with Crippen molar-refractivity contribution in [2.75, 3.05) is 0 Å². The Labute approximate surface area is 93.3 Å². The van der Waals surface area contributed by atoms with Crippen LogP contribution in [0.3, 0.4) is 0 Å². The fraction of sp³-hybridized carbons (Fsp3) is 0.455. The Hall–Kier alpha value is -1.62. The summed E-state index contributed by atoms with van der Waals surface area (Å²) in [6, 6.07) is 1.89. The zero-order valence-electron chi connectivity index (χ0n) is 9.74. The largest absolute Gasteiger partial charge is 0.326 e. The number of H-pyrrole nitrogens is 1. The summed E-state index contributed by atoms with van der Waals surface area (Å²) < 4.78 is 1.45. The highest BCUT2D eigenvalue weighted by molar-refractivity contribution is 5.41. The molecule has 2 aromatic heterocycles. The Morgan fingerprint density at radius 3 is 2.75 bits per heavy atom. The van der Waals surface area contributed by atoms with Gasteiger partial charge < -0.3 is 5.73 Å². The molecule has 2 heterocycles. The van der Waals surface area contributed by atoms with Crippen molar-refractivity contribution in [2.24, 2.45) is 5.73 Å². The molecule has 0 aliphatic rings. The van der Waals surface area contributed by atoms with Crippen molar-refractivity contribution in [3.05, 3.63) is 33.9 Å². The highest BCUT2D eigenvalue weighted by Gasteiger charge is 2.17. The van der Waals surface area contributed by atoms with Crippen molar-refractivity contribution in [3.63, 3.8) is 0 Å². The number of hydrogen-bond acceptors (Lipinski definition) is 3. The number of nitrogens with one attached hydrogen (secondary N) is 1. The van der Waals surface area contributed by atoms with Crippen LogP contribution in [0.2, 0.25) is 0 Å². The summed E-state index contributed by atoms with van der Waals surface area (Å²) >= 11 is 0. The first-order chi connectivity index (χ1) is 7.43. The standard InChI is InChI=1S/C11H16N4O/c1-11(2,3)8-4-9-13-6-7(5-12)10(16)15(9)14-8/h4,6,14H,5,12H2,1-3H3. The molecule has 0 unspecified atom stereocenters. The minimum atomic E-state index is -0.122. The van der Waals surface area contributed by atoms with Crippen molar-refractivity contribution >= 4 is 5.65 Å². The van der Waals surface area contributed by atoms with E-state index < -0.39 is 0 Å². The van der Waals surface area contributed by atoms with E-state index in [-0.39, 0.29) is 17.5 Å². The summed E-state index contributed by atoms with van der Waals surface area (Å²) in [5, 5.41) is 3.06. The van der Waals surface area contributed by atoms with E-state index in [1.54, 1.807) is 0 Å². The SMILES string of the molecule is CC(C)(C)c1cc2ncc(CN)c(=O)n2[nH]1. The van der Waals surface area contributed by atoms with Gasteiger partial charge >= 0.3 is 0 Å². The lowest BCUT2D eigenvalue weighted by molar-refractivity contribution is 0.561. The van der Waals surface area contributed by atoms with Crippen LogP contribution >= 0.6 is 0 Å². The smallest absolute Gasteiger partial charge is 0.277 e. The Morgan fingerprint density at radius 1 is 1.50 bits per heavy atom. The average Bonchev–Trinajstić information content (AvgIpc) is 2.62. The van der Waals surface area contributed by atoms with Crippen LogP contribution in [0.5, 0.6) is 0 Å². The molecule has 5 nitrogen and oxygen atoms in total. The maximum Gasteiger partial charge on any atom is 0.277 e. The summed E-state index contributed by atoms with van der Waals surface area (Å²) in [5.74, 6) is 0. The van der Waals surface area contributed by atoms with E-state index in [1.807, 2.05) is 6.07 Å². The topological polar surface area (TPSA) is 76.2 Å². The first-order valence-corrected chi connectivity index (χ1v) is 5.23. The molecule has 0 saturated carbocycles. The third-order valence-electron chi connectivity index (χ3n) is 2.59. The van der Waals surface area contributed by atoms with Gasteiger partial charge in [0, 0.05) is 29.9 Å². The van der Waals surface area contributed by atoms with Crippen LogP contribution in [0, 0.1) is 0 Å². The molecule has 5 heteroatoms. The van der Waals surface area contributed by atoms with Crippen molar-refractivity contribution in [3.8, 4) is 0 Å². The van der Waals surface area contributed by atoms with Crippen LogP contribution in [-0.2, 0) is 12.0 Å². The zero-order chi connectivity index (χ0) is 11.9. The number of aromatic amines is 1. The zero-order valence-corrected chi connectivity index (χ0v) is 9.74. The van der Waals surface area contributed by atoms with Crippen LogP contribution < -0.4 is 11.3 Å². The van der Waals surface area contributed by atoms with Crippen LogP contribution in [-0.4, -0.2) is 14.6 Å². The van der Waals surface area contributed by atoms with Crippen molar-refractivity contribution in [1.29, 1.82) is 0 Å². The lowest BCUT2D eigenvalue weighted by atomic mass is 9.93. The first kappa shape index (κ1) is 10.9. The molecule has 2 rings (SSSR count). The van der Waals surface area contributed by atoms with Gasteiger partial charge in [-0.05, 0) is 0 Å². The maximum absolute atomic E-state index is 11.9. The third kappa shape index (κ3) is 1.63. The molecule has 16 heavy (non-hydrogen) atoms. The predicted octanol–water partition coefficient (Wildman–Crippen LogP) is 0.779. The molecule has 2 aromatic rings. The summed E-state index contributed by atoms with van der Waals surface area (Å²) in [4.78, 5) is 16.1. The quantitative estimate of drug-likeness (QED) is 0.745. The van der Waals surface area contributed by atoms with Crippen molar-refractivity contribution in [1.82, 2.24) is 14.6 Å². The van der Waals surface area contributed by atoms with Crippen LogP contribution in [0.15, 0.2) is 17.1 Å². The van der Waals surface area contributed by atoms with E-state index in [1.165, 1.54) is 10.7 Å².